The van der Waals surface area contributed by atoms with Gasteiger partial charge in [-0.1, -0.05) is 17.9 Å². The van der Waals surface area contributed by atoms with Crippen molar-refractivity contribution in [2.45, 2.75) is 6.54 Å². The van der Waals surface area contributed by atoms with Crippen LogP contribution in [-0.2, 0) is 6.54 Å². The molecule has 0 saturated heterocycles. The van der Waals surface area contributed by atoms with Crippen LogP contribution in [0.15, 0.2) is 35.7 Å². The van der Waals surface area contributed by atoms with Gasteiger partial charge in [0.25, 0.3) is 0 Å². The van der Waals surface area contributed by atoms with Crippen molar-refractivity contribution in [3.05, 3.63) is 52.0 Å². The number of halogens is 1. The molecule has 0 unspecified atom stereocenters. The summed E-state index contributed by atoms with van der Waals surface area (Å²) in [7, 11) is 1.91. The molecule has 4 heteroatoms. The molecular formula is C15H14FNOS. The highest BCUT2D eigenvalue weighted by molar-refractivity contribution is 7.10. The lowest BCUT2D eigenvalue weighted by molar-refractivity contribution is 0.350. The van der Waals surface area contributed by atoms with Crippen LogP contribution in [0.2, 0.25) is 0 Å². The largest absolute Gasteiger partial charge is 0.384 e. The van der Waals surface area contributed by atoms with Crippen molar-refractivity contribution in [2.75, 3.05) is 18.6 Å². The molecule has 2 rings (SSSR count). The quantitative estimate of drug-likeness (QED) is 0.871. The number of hydrogen-bond donors (Lipinski definition) is 1. The Balaban J connectivity index is 2.15. The second-order valence-corrected chi connectivity index (χ2v) is 5.05. The number of nitrogens with zero attached hydrogens (tertiary/aromatic N) is 1. The fraction of sp³-hybridized carbons (Fsp3) is 0.200. The monoisotopic (exact) mass is 275 g/mol. The van der Waals surface area contributed by atoms with Gasteiger partial charge in [-0.25, -0.2) is 4.39 Å². The number of benzene rings is 1. The first-order valence-corrected chi connectivity index (χ1v) is 6.71. The van der Waals surface area contributed by atoms with Crippen LogP contribution < -0.4 is 4.90 Å². The molecule has 0 fully saturated rings. The number of aliphatic hydroxyl groups excluding tert-OH is 1. The molecule has 0 amide bonds. The van der Waals surface area contributed by atoms with E-state index in [0.29, 0.717) is 6.54 Å². The molecule has 0 saturated carbocycles. The highest BCUT2D eigenvalue weighted by atomic mass is 32.1. The van der Waals surface area contributed by atoms with Crippen molar-refractivity contribution in [1.82, 2.24) is 0 Å². The van der Waals surface area contributed by atoms with Gasteiger partial charge in [-0.05, 0) is 29.6 Å². The molecule has 2 nitrogen and oxygen atoms in total. The number of anilines is 1. The Morgan fingerprint density at radius 3 is 2.95 bits per heavy atom. The van der Waals surface area contributed by atoms with Gasteiger partial charge < -0.3 is 10.0 Å². The normalized spacial score (nSPS) is 9.84. The molecule has 0 aliphatic heterocycles. The second-order valence-electron chi connectivity index (χ2n) is 4.05. The topological polar surface area (TPSA) is 23.5 Å². The van der Waals surface area contributed by atoms with Crippen LogP contribution in [0, 0.1) is 17.7 Å². The molecule has 0 aliphatic rings. The Morgan fingerprint density at radius 2 is 2.21 bits per heavy atom. The number of hydrogen-bond acceptors (Lipinski definition) is 3. The summed E-state index contributed by atoms with van der Waals surface area (Å²) in [5.41, 5.74) is 1.75. The smallest absolute Gasteiger partial charge is 0.125 e. The van der Waals surface area contributed by atoms with Gasteiger partial charge in [-0.2, -0.15) is 0 Å². The van der Waals surface area contributed by atoms with Gasteiger partial charge in [0.2, 0.25) is 0 Å². The lowest BCUT2D eigenvalue weighted by Gasteiger charge is -2.18. The number of thiophene rings is 1. The van der Waals surface area contributed by atoms with Crippen molar-refractivity contribution in [3.63, 3.8) is 0 Å². The summed E-state index contributed by atoms with van der Waals surface area (Å²) in [6.45, 7) is 0.519. The first-order chi connectivity index (χ1) is 9.20. The third kappa shape index (κ3) is 3.57. The van der Waals surface area contributed by atoms with Crippen LogP contribution in [-0.4, -0.2) is 18.8 Å². The highest BCUT2D eigenvalue weighted by Crippen LogP contribution is 2.21. The molecule has 19 heavy (non-hydrogen) atoms. The Labute approximate surface area is 116 Å². The van der Waals surface area contributed by atoms with Crippen LogP contribution in [0.3, 0.4) is 0 Å². The van der Waals surface area contributed by atoms with Crippen LogP contribution in [0.4, 0.5) is 10.1 Å². The zero-order valence-corrected chi connectivity index (χ0v) is 11.4. The Hall–Kier alpha value is -1.83. The van der Waals surface area contributed by atoms with E-state index in [4.69, 9.17) is 5.11 Å². The first kappa shape index (κ1) is 13.6. The van der Waals surface area contributed by atoms with Gasteiger partial charge in [0, 0.05) is 23.2 Å². The molecule has 0 aliphatic carbocycles. The summed E-state index contributed by atoms with van der Waals surface area (Å²) >= 11 is 1.61. The SMILES string of the molecule is CN(Cc1sccc1C#CCO)c1cccc(F)c1. The summed E-state index contributed by atoms with van der Waals surface area (Å²) in [6.07, 6.45) is 0. The van der Waals surface area contributed by atoms with E-state index in [2.05, 4.69) is 11.8 Å². The van der Waals surface area contributed by atoms with Crippen LogP contribution >= 0.6 is 11.3 Å². The number of rotatable bonds is 3. The molecule has 0 atom stereocenters. The molecule has 0 bridgehead atoms. The van der Waals surface area contributed by atoms with Gasteiger partial charge in [0.1, 0.15) is 12.4 Å². The number of aliphatic hydroxyl groups is 1. The van der Waals surface area contributed by atoms with Crippen LogP contribution in [0.1, 0.15) is 10.4 Å². The van der Waals surface area contributed by atoms with Gasteiger partial charge in [0.15, 0.2) is 0 Å². The van der Waals surface area contributed by atoms with Crippen LogP contribution in [0.25, 0.3) is 0 Å². The molecule has 98 valence electrons. The third-order valence-electron chi connectivity index (χ3n) is 2.68. The lowest BCUT2D eigenvalue weighted by atomic mass is 10.2. The molecule has 1 aromatic heterocycles. The maximum Gasteiger partial charge on any atom is 0.125 e. The van der Waals surface area contributed by atoms with E-state index in [1.54, 1.807) is 17.4 Å². The molecule has 1 aromatic carbocycles. The summed E-state index contributed by atoms with van der Waals surface area (Å²) in [5.74, 6) is 5.33. The summed E-state index contributed by atoms with van der Waals surface area (Å²) in [4.78, 5) is 3.08. The zero-order valence-electron chi connectivity index (χ0n) is 10.6. The fourth-order valence-corrected chi connectivity index (χ4v) is 2.61. The predicted octanol–water partition coefficient (Wildman–Crippen LogP) is 2.87. The highest BCUT2D eigenvalue weighted by Gasteiger charge is 2.07. The Kier molecular flexibility index (Phi) is 4.56. The van der Waals surface area contributed by atoms with Gasteiger partial charge in [-0.3, -0.25) is 0 Å². The summed E-state index contributed by atoms with van der Waals surface area (Å²) < 4.78 is 13.2. The van der Waals surface area contributed by atoms with Gasteiger partial charge >= 0.3 is 0 Å². The van der Waals surface area contributed by atoms with Crippen molar-refractivity contribution >= 4 is 17.0 Å². The lowest BCUT2D eigenvalue weighted by Crippen LogP contribution is -2.16. The first-order valence-electron chi connectivity index (χ1n) is 5.83. The average molecular weight is 275 g/mol. The minimum Gasteiger partial charge on any atom is -0.384 e. The van der Waals surface area contributed by atoms with Crippen molar-refractivity contribution in [3.8, 4) is 11.8 Å². The van der Waals surface area contributed by atoms with Crippen LogP contribution in [0.5, 0.6) is 0 Å². The van der Waals surface area contributed by atoms with E-state index < -0.39 is 0 Å². The zero-order chi connectivity index (χ0) is 13.7. The van der Waals surface area contributed by atoms with E-state index in [1.807, 2.05) is 29.5 Å². The second kappa shape index (κ2) is 6.37. The minimum atomic E-state index is -0.240. The van der Waals surface area contributed by atoms with Gasteiger partial charge in [-0.15, -0.1) is 11.3 Å². The van der Waals surface area contributed by atoms with E-state index >= 15 is 0 Å². The molecule has 0 spiro atoms. The third-order valence-corrected chi connectivity index (χ3v) is 3.58. The van der Waals surface area contributed by atoms with E-state index in [9.17, 15) is 4.39 Å². The maximum absolute atomic E-state index is 13.2. The fourth-order valence-electron chi connectivity index (χ4n) is 1.73. The molecular weight excluding hydrogens is 261 g/mol. The summed E-state index contributed by atoms with van der Waals surface area (Å²) in [5, 5.41) is 10.7. The molecule has 2 aromatic rings. The van der Waals surface area contributed by atoms with Crippen molar-refractivity contribution < 1.29 is 9.50 Å². The molecule has 1 N–H and O–H groups in total. The molecule has 1 heterocycles. The van der Waals surface area contributed by atoms with Gasteiger partial charge in [0.05, 0.1) is 6.54 Å². The minimum absolute atomic E-state index is 0.144. The van der Waals surface area contributed by atoms with Crippen molar-refractivity contribution in [1.29, 1.82) is 0 Å². The maximum atomic E-state index is 13.2. The van der Waals surface area contributed by atoms with Crippen molar-refractivity contribution in [2.24, 2.45) is 0 Å². The Bertz CT molecular complexity index is 612. The Morgan fingerprint density at radius 1 is 1.37 bits per heavy atom. The predicted molar refractivity (Wildman–Crippen MR) is 76.8 cm³/mol. The standard InChI is InChI=1S/C15H14FNOS/c1-17(14-6-2-5-13(16)10-14)11-15-12(4-3-8-18)7-9-19-15/h2,5-7,9-10,18H,8,11H2,1H3. The van der Waals surface area contributed by atoms with E-state index in [0.717, 1.165) is 16.1 Å². The molecule has 0 radical (unpaired) electrons. The van der Waals surface area contributed by atoms with E-state index in [-0.39, 0.29) is 12.4 Å². The van der Waals surface area contributed by atoms with E-state index in [1.165, 1.54) is 12.1 Å². The average Bonchev–Trinajstić information content (AvgIpc) is 2.83. The summed E-state index contributed by atoms with van der Waals surface area (Å²) in [6, 6.07) is 8.44.